The SMILES string of the molecule is COc1ccc(CCC(C)NC(=O)N2CCC(c3ccccc3)CC2)cc1. The molecule has 3 rings (SSSR count). The quantitative estimate of drug-likeness (QED) is 0.811. The van der Waals surface area contributed by atoms with E-state index in [-0.39, 0.29) is 12.1 Å². The monoisotopic (exact) mass is 366 g/mol. The van der Waals surface area contributed by atoms with Gasteiger partial charge in [-0.3, -0.25) is 0 Å². The number of piperidine rings is 1. The molecule has 1 atom stereocenters. The molecule has 0 bridgehead atoms. The van der Waals surface area contributed by atoms with Crippen LogP contribution in [0.15, 0.2) is 54.6 Å². The summed E-state index contributed by atoms with van der Waals surface area (Å²) in [5.41, 5.74) is 2.66. The maximum Gasteiger partial charge on any atom is 0.317 e. The van der Waals surface area contributed by atoms with Crippen molar-refractivity contribution in [2.75, 3.05) is 20.2 Å². The van der Waals surface area contributed by atoms with Crippen LogP contribution >= 0.6 is 0 Å². The van der Waals surface area contributed by atoms with Gasteiger partial charge in [0.15, 0.2) is 0 Å². The Morgan fingerprint density at radius 1 is 1.11 bits per heavy atom. The Balaban J connectivity index is 1.40. The first-order valence-corrected chi connectivity index (χ1v) is 9.89. The molecule has 1 fully saturated rings. The van der Waals surface area contributed by atoms with Crippen LogP contribution in [-0.4, -0.2) is 37.2 Å². The molecule has 2 amide bonds. The number of ether oxygens (including phenoxy) is 1. The molecule has 4 heteroatoms. The van der Waals surface area contributed by atoms with E-state index in [1.54, 1.807) is 7.11 Å². The number of rotatable bonds is 6. The number of carbonyl (C=O) groups excluding carboxylic acids is 1. The van der Waals surface area contributed by atoms with Crippen LogP contribution in [0.1, 0.15) is 43.2 Å². The second-order valence-electron chi connectivity index (χ2n) is 7.41. The number of hydrogen-bond donors (Lipinski definition) is 1. The van der Waals surface area contributed by atoms with Crippen LogP contribution in [0.5, 0.6) is 5.75 Å². The summed E-state index contributed by atoms with van der Waals surface area (Å²) in [4.78, 5) is 14.5. The van der Waals surface area contributed by atoms with E-state index in [1.165, 1.54) is 11.1 Å². The maximum absolute atomic E-state index is 12.5. The third kappa shape index (κ3) is 5.49. The molecule has 1 aliphatic rings. The highest BCUT2D eigenvalue weighted by molar-refractivity contribution is 5.74. The van der Waals surface area contributed by atoms with Crippen LogP contribution in [0.25, 0.3) is 0 Å². The number of carbonyl (C=O) groups is 1. The summed E-state index contributed by atoms with van der Waals surface area (Å²) in [6.45, 7) is 3.74. The minimum Gasteiger partial charge on any atom is -0.497 e. The highest BCUT2D eigenvalue weighted by Gasteiger charge is 2.24. The molecule has 0 spiro atoms. The normalized spacial score (nSPS) is 16.0. The van der Waals surface area contributed by atoms with Crippen molar-refractivity contribution in [1.29, 1.82) is 0 Å². The fourth-order valence-electron chi connectivity index (χ4n) is 3.69. The molecule has 1 heterocycles. The largest absolute Gasteiger partial charge is 0.497 e. The molecule has 0 saturated carbocycles. The number of amides is 2. The zero-order valence-electron chi connectivity index (χ0n) is 16.4. The van der Waals surface area contributed by atoms with E-state index in [9.17, 15) is 4.79 Å². The van der Waals surface area contributed by atoms with Gasteiger partial charge in [-0.05, 0) is 61.8 Å². The molecular weight excluding hydrogens is 336 g/mol. The van der Waals surface area contributed by atoms with Crippen LogP contribution in [-0.2, 0) is 6.42 Å². The number of likely N-dealkylation sites (tertiary alicyclic amines) is 1. The third-order valence-electron chi connectivity index (χ3n) is 5.45. The van der Waals surface area contributed by atoms with Crippen molar-refractivity contribution in [3.05, 3.63) is 65.7 Å². The zero-order valence-corrected chi connectivity index (χ0v) is 16.4. The summed E-state index contributed by atoms with van der Waals surface area (Å²) in [5, 5.41) is 3.16. The van der Waals surface area contributed by atoms with Crippen molar-refractivity contribution in [3.8, 4) is 5.75 Å². The third-order valence-corrected chi connectivity index (χ3v) is 5.45. The van der Waals surface area contributed by atoms with Crippen molar-refractivity contribution < 1.29 is 9.53 Å². The number of nitrogens with one attached hydrogen (secondary N) is 1. The average molecular weight is 367 g/mol. The lowest BCUT2D eigenvalue weighted by molar-refractivity contribution is 0.178. The molecule has 0 aromatic heterocycles. The van der Waals surface area contributed by atoms with Crippen molar-refractivity contribution in [2.24, 2.45) is 0 Å². The van der Waals surface area contributed by atoms with E-state index in [2.05, 4.69) is 54.7 Å². The Labute approximate surface area is 162 Å². The van der Waals surface area contributed by atoms with Gasteiger partial charge in [-0.1, -0.05) is 42.5 Å². The van der Waals surface area contributed by atoms with E-state index < -0.39 is 0 Å². The predicted octanol–water partition coefficient (Wildman–Crippen LogP) is 4.61. The first-order valence-electron chi connectivity index (χ1n) is 9.89. The highest BCUT2D eigenvalue weighted by atomic mass is 16.5. The summed E-state index contributed by atoms with van der Waals surface area (Å²) in [6, 6.07) is 19.0. The first kappa shape index (κ1) is 19.3. The minimum atomic E-state index is 0.0729. The van der Waals surface area contributed by atoms with Crippen LogP contribution in [0.3, 0.4) is 0 Å². The van der Waals surface area contributed by atoms with Gasteiger partial charge >= 0.3 is 6.03 Å². The number of methoxy groups -OCH3 is 1. The van der Waals surface area contributed by atoms with Crippen LogP contribution < -0.4 is 10.1 Å². The maximum atomic E-state index is 12.5. The lowest BCUT2D eigenvalue weighted by atomic mass is 9.90. The number of nitrogens with zero attached hydrogens (tertiary/aromatic N) is 1. The Morgan fingerprint density at radius 3 is 2.41 bits per heavy atom. The van der Waals surface area contributed by atoms with Gasteiger partial charge in [0.05, 0.1) is 7.11 Å². The average Bonchev–Trinajstić information content (AvgIpc) is 2.73. The van der Waals surface area contributed by atoms with E-state index >= 15 is 0 Å². The molecule has 0 aliphatic carbocycles. The molecule has 2 aromatic carbocycles. The molecule has 4 nitrogen and oxygen atoms in total. The summed E-state index contributed by atoms with van der Waals surface area (Å²) in [5.74, 6) is 1.45. The molecule has 0 radical (unpaired) electrons. The summed E-state index contributed by atoms with van der Waals surface area (Å²) >= 11 is 0. The number of benzene rings is 2. The minimum absolute atomic E-state index is 0.0729. The van der Waals surface area contributed by atoms with E-state index in [4.69, 9.17) is 4.74 Å². The van der Waals surface area contributed by atoms with Gasteiger partial charge < -0.3 is 15.0 Å². The lowest BCUT2D eigenvalue weighted by Crippen LogP contribution is -2.47. The van der Waals surface area contributed by atoms with Crippen molar-refractivity contribution in [3.63, 3.8) is 0 Å². The van der Waals surface area contributed by atoms with Crippen molar-refractivity contribution >= 4 is 6.03 Å². The first-order chi connectivity index (χ1) is 13.2. The molecule has 1 unspecified atom stereocenters. The molecular formula is C23H30N2O2. The van der Waals surface area contributed by atoms with E-state index in [0.717, 1.165) is 44.5 Å². The molecule has 2 aromatic rings. The molecule has 27 heavy (non-hydrogen) atoms. The Kier molecular flexibility index (Phi) is 6.74. The molecule has 144 valence electrons. The fourth-order valence-corrected chi connectivity index (χ4v) is 3.69. The van der Waals surface area contributed by atoms with Crippen molar-refractivity contribution in [2.45, 2.75) is 44.6 Å². The van der Waals surface area contributed by atoms with Gasteiger partial charge in [0, 0.05) is 19.1 Å². The molecule has 1 aliphatic heterocycles. The van der Waals surface area contributed by atoms with E-state index in [0.29, 0.717) is 5.92 Å². The topological polar surface area (TPSA) is 41.6 Å². The Morgan fingerprint density at radius 2 is 1.78 bits per heavy atom. The fraction of sp³-hybridized carbons (Fsp3) is 0.435. The van der Waals surface area contributed by atoms with Crippen LogP contribution in [0.2, 0.25) is 0 Å². The summed E-state index contributed by atoms with van der Waals surface area (Å²) in [6.07, 6.45) is 3.95. The number of aryl methyl sites for hydroxylation is 1. The van der Waals surface area contributed by atoms with Gasteiger partial charge in [0.1, 0.15) is 5.75 Å². The van der Waals surface area contributed by atoms with Crippen molar-refractivity contribution in [1.82, 2.24) is 10.2 Å². The second kappa shape index (κ2) is 9.45. The zero-order chi connectivity index (χ0) is 19.1. The van der Waals surface area contributed by atoms with Crippen LogP contribution in [0.4, 0.5) is 4.79 Å². The van der Waals surface area contributed by atoms with Crippen LogP contribution in [0, 0.1) is 0 Å². The Bertz CT molecular complexity index is 707. The lowest BCUT2D eigenvalue weighted by Gasteiger charge is -2.33. The van der Waals surface area contributed by atoms with Gasteiger partial charge in [-0.15, -0.1) is 0 Å². The summed E-state index contributed by atoms with van der Waals surface area (Å²) < 4.78 is 5.19. The highest BCUT2D eigenvalue weighted by Crippen LogP contribution is 2.27. The molecule has 1 saturated heterocycles. The number of urea groups is 1. The smallest absolute Gasteiger partial charge is 0.317 e. The van der Waals surface area contributed by atoms with E-state index in [1.807, 2.05) is 17.0 Å². The van der Waals surface area contributed by atoms with Gasteiger partial charge in [-0.2, -0.15) is 0 Å². The van der Waals surface area contributed by atoms with Gasteiger partial charge in [-0.25, -0.2) is 4.79 Å². The second-order valence-corrected chi connectivity index (χ2v) is 7.41. The number of hydrogen-bond acceptors (Lipinski definition) is 2. The predicted molar refractivity (Wildman–Crippen MR) is 109 cm³/mol. The summed E-state index contributed by atoms with van der Waals surface area (Å²) in [7, 11) is 1.68. The molecule has 1 N–H and O–H groups in total. The van der Waals surface area contributed by atoms with Gasteiger partial charge in [0.25, 0.3) is 0 Å². The standard InChI is InChI=1S/C23H30N2O2/c1-18(8-9-19-10-12-22(27-2)13-11-19)24-23(26)25-16-14-21(15-17-25)20-6-4-3-5-7-20/h3-7,10-13,18,21H,8-9,14-17H2,1-2H3,(H,24,26). The Hall–Kier alpha value is -2.49. The van der Waals surface area contributed by atoms with Gasteiger partial charge in [0.2, 0.25) is 0 Å².